The maximum absolute atomic E-state index is 11.7. The summed E-state index contributed by atoms with van der Waals surface area (Å²) in [6, 6.07) is 8.13. The summed E-state index contributed by atoms with van der Waals surface area (Å²) in [5, 5.41) is 0.672. The Morgan fingerprint density at radius 1 is 1.40 bits per heavy atom. The molecule has 3 rings (SSSR count). The summed E-state index contributed by atoms with van der Waals surface area (Å²) in [6.45, 7) is 3.99. The van der Waals surface area contributed by atoms with Crippen LogP contribution in [0.25, 0.3) is 5.69 Å². The molecule has 104 valence electrons. The number of hydrogen-bond donors (Lipinski definition) is 0. The van der Waals surface area contributed by atoms with Gasteiger partial charge in [-0.2, -0.15) is 0 Å². The predicted molar refractivity (Wildman–Crippen MR) is 78.1 cm³/mol. The lowest BCUT2D eigenvalue weighted by atomic mass is 10.2. The molecule has 0 aliphatic carbocycles. The van der Waals surface area contributed by atoms with E-state index in [2.05, 4.69) is 24.0 Å². The Hall–Kier alpha value is -1.75. The number of aryl methyl sites for hydroxylation is 1. The van der Waals surface area contributed by atoms with E-state index in [1.807, 2.05) is 29.8 Å². The number of esters is 1. The first kappa shape index (κ1) is 13.2. The van der Waals surface area contributed by atoms with Gasteiger partial charge in [0.05, 0.1) is 5.69 Å². The Labute approximate surface area is 122 Å². The number of benzene rings is 1. The van der Waals surface area contributed by atoms with Crippen molar-refractivity contribution in [2.24, 2.45) is 0 Å². The van der Waals surface area contributed by atoms with Gasteiger partial charge in [-0.3, -0.25) is 9.36 Å². The quantitative estimate of drug-likeness (QED) is 0.814. The first-order valence-electron chi connectivity index (χ1n) is 6.61. The van der Waals surface area contributed by atoms with Gasteiger partial charge in [0, 0.05) is 18.8 Å². The first-order valence-corrected chi connectivity index (χ1v) is 7.49. The van der Waals surface area contributed by atoms with Crippen LogP contribution in [0.3, 0.4) is 0 Å². The van der Waals surface area contributed by atoms with Crippen molar-refractivity contribution < 1.29 is 9.53 Å². The lowest BCUT2D eigenvalue weighted by Gasteiger charge is -2.11. The van der Waals surface area contributed by atoms with Crippen LogP contribution >= 0.6 is 11.8 Å². The number of ether oxygens (including phenoxy) is 1. The van der Waals surface area contributed by atoms with Crippen LogP contribution in [0.2, 0.25) is 0 Å². The molecule has 0 N–H and O–H groups in total. The van der Waals surface area contributed by atoms with Crippen LogP contribution in [0.1, 0.15) is 18.9 Å². The molecule has 5 heteroatoms. The minimum absolute atomic E-state index is 0.00173. The normalized spacial score (nSPS) is 22.0. The van der Waals surface area contributed by atoms with Crippen LogP contribution < -0.4 is 0 Å². The van der Waals surface area contributed by atoms with Crippen molar-refractivity contribution in [3.8, 4) is 5.69 Å². The highest BCUT2D eigenvalue weighted by molar-refractivity contribution is 8.00. The van der Waals surface area contributed by atoms with E-state index in [1.165, 1.54) is 17.3 Å². The van der Waals surface area contributed by atoms with Crippen LogP contribution in [0.5, 0.6) is 0 Å². The second-order valence-corrected chi connectivity index (χ2v) is 6.13. The highest BCUT2D eigenvalue weighted by atomic mass is 32.2. The molecule has 1 aliphatic rings. The van der Waals surface area contributed by atoms with E-state index >= 15 is 0 Å². The van der Waals surface area contributed by atoms with Crippen molar-refractivity contribution in [3.63, 3.8) is 0 Å². The molecule has 0 amide bonds. The van der Waals surface area contributed by atoms with Crippen molar-refractivity contribution in [1.82, 2.24) is 9.55 Å². The molecule has 0 radical (unpaired) electrons. The topological polar surface area (TPSA) is 44.1 Å². The standard InChI is InChI=1S/C15H16N2O2S/c1-10-5-3-4-6-12(10)17-8-7-16-15(17)20-13-9-11(2)19-14(13)18/h3-8,11,13H,9H2,1-2H3/t11-,13-/m1/s1. The fraction of sp³-hybridized carbons (Fsp3) is 0.333. The van der Waals surface area contributed by atoms with Gasteiger partial charge in [0.1, 0.15) is 11.4 Å². The molecule has 4 nitrogen and oxygen atoms in total. The molecule has 2 heterocycles. The third-order valence-electron chi connectivity index (χ3n) is 3.36. The molecular formula is C15H16N2O2S. The maximum Gasteiger partial charge on any atom is 0.319 e. The summed E-state index contributed by atoms with van der Waals surface area (Å²) < 4.78 is 7.22. The van der Waals surface area contributed by atoms with Gasteiger partial charge in [0.25, 0.3) is 0 Å². The van der Waals surface area contributed by atoms with Crippen LogP contribution in [0.4, 0.5) is 0 Å². The van der Waals surface area contributed by atoms with Crippen LogP contribution in [0, 0.1) is 6.92 Å². The summed E-state index contributed by atoms with van der Waals surface area (Å²) in [6.07, 6.45) is 4.43. The minimum Gasteiger partial charge on any atom is -0.462 e. The van der Waals surface area contributed by atoms with Gasteiger partial charge in [0.2, 0.25) is 0 Å². The number of carbonyl (C=O) groups is 1. The molecule has 0 spiro atoms. The summed E-state index contributed by atoms with van der Waals surface area (Å²) in [7, 11) is 0. The number of rotatable bonds is 3. The SMILES string of the molecule is Cc1ccccc1-n1ccnc1S[C@@H]1C[C@@H](C)OC1=O. The molecule has 20 heavy (non-hydrogen) atoms. The van der Waals surface area contributed by atoms with Gasteiger partial charge in [-0.25, -0.2) is 4.98 Å². The van der Waals surface area contributed by atoms with Crippen molar-refractivity contribution in [2.75, 3.05) is 0 Å². The van der Waals surface area contributed by atoms with Crippen LogP contribution in [-0.2, 0) is 9.53 Å². The van der Waals surface area contributed by atoms with Gasteiger partial charge in [0.15, 0.2) is 5.16 Å². The van der Waals surface area contributed by atoms with Crippen LogP contribution in [0.15, 0.2) is 41.8 Å². The zero-order valence-corrected chi connectivity index (χ0v) is 12.3. The van der Waals surface area contributed by atoms with E-state index in [9.17, 15) is 4.79 Å². The summed E-state index contributed by atoms with van der Waals surface area (Å²) in [4.78, 5) is 16.1. The highest BCUT2D eigenvalue weighted by Gasteiger charge is 2.33. The Morgan fingerprint density at radius 3 is 2.90 bits per heavy atom. The van der Waals surface area contributed by atoms with Gasteiger partial charge < -0.3 is 4.74 Å². The monoisotopic (exact) mass is 288 g/mol. The van der Waals surface area contributed by atoms with Gasteiger partial charge in [-0.15, -0.1) is 0 Å². The summed E-state index contributed by atoms with van der Waals surface area (Å²) in [5.41, 5.74) is 2.27. The Balaban J connectivity index is 1.88. The van der Waals surface area contributed by atoms with Crippen molar-refractivity contribution >= 4 is 17.7 Å². The number of nitrogens with zero attached hydrogens (tertiary/aromatic N) is 2. The fourth-order valence-corrected chi connectivity index (χ4v) is 3.51. The number of aromatic nitrogens is 2. The molecule has 1 aromatic heterocycles. The molecule has 2 aromatic rings. The van der Waals surface area contributed by atoms with Crippen molar-refractivity contribution in [2.45, 2.75) is 36.8 Å². The second-order valence-electron chi connectivity index (χ2n) is 4.96. The number of imidazole rings is 1. The average molecular weight is 288 g/mol. The molecule has 0 unspecified atom stereocenters. The maximum atomic E-state index is 11.7. The van der Waals surface area contributed by atoms with Crippen molar-refractivity contribution in [1.29, 1.82) is 0 Å². The van der Waals surface area contributed by atoms with Crippen LogP contribution in [-0.4, -0.2) is 26.9 Å². The lowest BCUT2D eigenvalue weighted by molar-refractivity contribution is -0.140. The number of para-hydroxylation sites is 1. The average Bonchev–Trinajstić information content (AvgIpc) is 2.98. The molecule has 1 saturated heterocycles. The van der Waals surface area contributed by atoms with E-state index in [4.69, 9.17) is 4.74 Å². The molecule has 1 aliphatic heterocycles. The summed E-state index contributed by atoms with van der Waals surface area (Å²) in [5.74, 6) is -0.137. The number of hydrogen-bond acceptors (Lipinski definition) is 4. The van der Waals surface area contributed by atoms with E-state index < -0.39 is 0 Å². The zero-order chi connectivity index (χ0) is 14.1. The van der Waals surface area contributed by atoms with Gasteiger partial charge in [-0.05, 0) is 25.5 Å². The number of thioether (sulfide) groups is 1. The number of cyclic esters (lactones) is 1. The zero-order valence-electron chi connectivity index (χ0n) is 11.4. The van der Waals surface area contributed by atoms with Crippen molar-refractivity contribution in [3.05, 3.63) is 42.2 Å². The van der Waals surface area contributed by atoms with Gasteiger partial charge in [-0.1, -0.05) is 30.0 Å². The van der Waals surface area contributed by atoms with E-state index in [-0.39, 0.29) is 17.3 Å². The molecular weight excluding hydrogens is 272 g/mol. The van der Waals surface area contributed by atoms with E-state index in [0.717, 1.165) is 17.3 Å². The fourth-order valence-electron chi connectivity index (χ4n) is 2.34. The second kappa shape index (κ2) is 5.32. The molecule has 2 atom stereocenters. The molecule has 1 fully saturated rings. The molecule has 0 bridgehead atoms. The predicted octanol–water partition coefficient (Wildman–Crippen LogP) is 2.98. The molecule has 0 saturated carbocycles. The summed E-state index contributed by atoms with van der Waals surface area (Å²) >= 11 is 1.48. The molecule has 1 aromatic carbocycles. The van der Waals surface area contributed by atoms with E-state index in [0.29, 0.717) is 0 Å². The van der Waals surface area contributed by atoms with Gasteiger partial charge >= 0.3 is 5.97 Å². The first-order chi connectivity index (χ1) is 9.65. The smallest absolute Gasteiger partial charge is 0.319 e. The third-order valence-corrected chi connectivity index (χ3v) is 4.54. The van der Waals surface area contributed by atoms with E-state index in [1.54, 1.807) is 6.20 Å². The minimum atomic E-state index is -0.157. The Bertz CT molecular complexity index is 638. The largest absolute Gasteiger partial charge is 0.462 e. The Kier molecular flexibility index (Phi) is 3.53. The third kappa shape index (κ3) is 2.45. The lowest BCUT2D eigenvalue weighted by Crippen LogP contribution is -2.11. The highest BCUT2D eigenvalue weighted by Crippen LogP contribution is 2.32. The number of carbonyl (C=O) groups excluding carboxylic acids is 1. The Morgan fingerprint density at radius 2 is 2.20 bits per heavy atom.